The van der Waals surface area contributed by atoms with Crippen molar-refractivity contribution in [1.29, 1.82) is 0 Å². The van der Waals surface area contributed by atoms with E-state index in [4.69, 9.17) is 0 Å². The fraction of sp³-hybridized carbons (Fsp3) is 0.385. The Labute approximate surface area is 101 Å². The first-order valence-corrected chi connectivity index (χ1v) is 5.47. The van der Waals surface area contributed by atoms with E-state index >= 15 is 0 Å². The zero-order valence-corrected chi connectivity index (χ0v) is 10.3. The summed E-state index contributed by atoms with van der Waals surface area (Å²) in [5, 5.41) is 3.11. The fourth-order valence-corrected chi connectivity index (χ4v) is 1.38. The van der Waals surface area contributed by atoms with E-state index in [0.717, 1.165) is 5.69 Å². The number of hydrogen-bond donors (Lipinski definition) is 1. The number of hydrogen-bond acceptors (Lipinski definition) is 4. The number of Topliss-reactive ketones (excluding diaryl/α,β-unsaturated/α-hetero) is 1. The van der Waals surface area contributed by atoms with E-state index in [0.29, 0.717) is 12.1 Å². The zero-order valence-electron chi connectivity index (χ0n) is 10.3. The number of benzene rings is 1. The molecule has 0 aliphatic heterocycles. The molecule has 4 heteroatoms. The predicted octanol–water partition coefficient (Wildman–Crippen LogP) is 2.11. The molecule has 1 atom stereocenters. The summed E-state index contributed by atoms with van der Waals surface area (Å²) >= 11 is 0. The van der Waals surface area contributed by atoms with Crippen LogP contribution in [0.1, 0.15) is 24.2 Å². The first-order valence-electron chi connectivity index (χ1n) is 5.47. The third kappa shape index (κ3) is 3.90. The van der Waals surface area contributed by atoms with Gasteiger partial charge in [0.05, 0.1) is 13.0 Å². The molecule has 1 N–H and O–H groups in total. The van der Waals surface area contributed by atoms with E-state index in [9.17, 15) is 9.59 Å². The van der Waals surface area contributed by atoms with Gasteiger partial charge < -0.3 is 10.1 Å². The van der Waals surface area contributed by atoms with Crippen LogP contribution in [0.3, 0.4) is 0 Å². The average molecular weight is 235 g/mol. The van der Waals surface area contributed by atoms with Crippen molar-refractivity contribution >= 4 is 17.4 Å². The van der Waals surface area contributed by atoms with Crippen LogP contribution in [0, 0.1) is 5.92 Å². The molecule has 0 fully saturated rings. The second kappa shape index (κ2) is 6.03. The fourth-order valence-electron chi connectivity index (χ4n) is 1.38. The van der Waals surface area contributed by atoms with E-state index in [-0.39, 0.29) is 17.7 Å². The molecule has 0 aromatic heterocycles. The van der Waals surface area contributed by atoms with Crippen LogP contribution >= 0.6 is 0 Å². The van der Waals surface area contributed by atoms with Crippen LogP contribution in [0.2, 0.25) is 0 Å². The van der Waals surface area contributed by atoms with Gasteiger partial charge in [0.2, 0.25) is 0 Å². The van der Waals surface area contributed by atoms with Gasteiger partial charge in [-0.25, -0.2) is 0 Å². The van der Waals surface area contributed by atoms with Gasteiger partial charge >= 0.3 is 5.97 Å². The Hall–Kier alpha value is -1.84. The third-order valence-electron chi connectivity index (χ3n) is 2.51. The lowest BCUT2D eigenvalue weighted by molar-refractivity contribution is -0.144. The maximum absolute atomic E-state index is 11.2. The number of ether oxygens (including phenoxy) is 1. The van der Waals surface area contributed by atoms with Gasteiger partial charge in [-0.2, -0.15) is 0 Å². The van der Waals surface area contributed by atoms with E-state index < -0.39 is 0 Å². The largest absolute Gasteiger partial charge is 0.469 e. The van der Waals surface area contributed by atoms with Crippen LogP contribution in [0.5, 0.6) is 0 Å². The minimum atomic E-state index is -0.238. The smallest absolute Gasteiger partial charge is 0.310 e. The Bertz CT molecular complexity index is 398. The molecule has 92 valence electrons. The van der Waals surface area contributed by atoms with E-state index in [1.807, 2.05) is 12.1 Å². The van der Waals surface area contributed by atoms with E-state index in [1.165, 1.54) is 14.0 Å². The van der Waals surface area contributed by atoms with Gasteiger partial charge in [0, 0.05) is 17.8 Å². The monoisotopic (exact) mass is 235 g/mol. The lowest BCUT2D eigenvalue weighted by Gasteiger charge is -2.11. The summed E-state index contributed by atoms with van der Waals surface area (Å²) < 4.78 is 4.63. The van der Waals surface area contributed by atoms with Gasteiger partial charge in [-0.05, 0) is 31.2 Å². The van der Waals surface area contributed by atoms with Crippen LogP contribution in [-0.4, -0.2) is 25.4 Å². The number of anilines is 1. The number of ketones is 1. The number of methoxy groups -OCH3 is 1. The minimum absolute atomic E-state index is 0.0412. The van der Waals surface area contributed by atoms with Crippen LogP contribution < -0.4 is 5.32 Å². The molecule has 17 heavy (non-hydrogen) atoms. The topological polar surface area (TPSA) is 55.4 Å². The van der Waals surface area contributed by atoms with Crippen LogP contribution in [0.4, 0.5) is 5.69 Å². The summed E-state index contributed by atoms with van der Waals surface area (Å²) in [5.74, 6) is -0.398. The third-order valence-corrected chi connectivity index (χ3v) is 2.51. The Morgan fingerprint density at radius 1 is 1.29 bits per heavy atom. The quantitative estimate of drug-likeness (QED) is 0.627. The van der Waals surface area contributed by atoms with Crippen molar-refractivity contribution in [2.75, 3.05) is 19.0 Å². The van der Waals surface area contributed by atoms with Gasteiger partial charge in [-0.1, -0.05) is 6.92 Å². The molecule has 0 aliphatic rings. The van der Waals surface area contributed by atoms with Crippen molar-refractivity contribution in [3.63, 3.8) is 0 Å². The summed E-state index contributed by atoms with van der Waals surface area (Å²) in [4.78, 5) is 22.2. The number of esters is 1. The molecule has 4 nitrogen and oxygen atoms in total. The van der Waals surface area contributed by atoms with Crippen LogP contribution in [0.15, 0.2) is 24.3 Å². The Balaban J connectivity index is 2.53. The van der Waals surface area contributed by atoms with Crippen molar-refractivity contribution < 1.29 is 14.3 Å². The number of rotatable bonds is 5. The van der Waals surface area contributed by atoms with E-state index in [2.05, 4.69) is 10.1 Å². The highest BCUT2D eigenvalue weighted by Crippen LogP contribution is 2.11. The summed E-state index contributed by atoms with van der Waals surface area (Å²) in [5.41, 5.74) is 1.56. The highest BCUT2D eigenvalue weighted by atomic mass is 16.5. The first-order chi connectivity index (χ1) is 8.04. The Kier molecular flexibility index (Phi) is 4.69. The Morgan fingerprint density at radius 3 is 2.35 bits per heavy atom. The lowest BCUT2D eigenvalue weighted by Crippen LogP contribution is -2.21. The van der Waals surface area contributed by atoms with Gasteiger partial charge in [0.25, 0.3) is 0 Å². The summed E-state index contributed by atoms with van der Waals surface area (Å²) in [6.07, 6.45) is 0. The van der Waals surface area contributed by atoms with Crippen LogP contribution in [-0.2, 0) is 9.53 Å². The van der Waals surface area contributed by atoms with Gasteiger partial charge in [-0.15, -0.1) is 0 Å². The molecule has 1 aromatic rings. The molecule has 0 radical (unpaired) electrons. The SMILES string of the molecule is COC(=O)C(C)CNc1ccc(C(C)=O)cc1. The first kappa shape index (κ1) is 13.2. The van der Waals surface area contributed by atoms with Gasteiger partial charge in [0.1, 0.15) is 0 Å². The summed E-state index contributed by atoms with van der Waals surface area (Å²) in [6.45, 7) is 3.83. The molecule has 1 rings (SSSR count). The second-order valence-electron chi connectivity index (χ2n) is 3.94. The van der Waals surface area contributed by atoms with Gasteiger partial charge in [0.15, 0.2) is 5.78 Å². The highest BCUT2D eigenvalue weighted by Gasteiger charge is 2.12. The summed E-state index contributed by atoms with van der Waals surface area (Å²) in [7, 11) is 1.38. The van der Waals surface area contributed by atoms with Crippen molar-refractivity contribution in [3.05, 3.63) is 29.8 Å². The molecule has 0 saturated carbocycles. The molecule has 1 aromatic carbocycles. The maximum atomic E-state index is 11.2. The molecule has 0 spiro atoms. The van der Waals surface area contributed by atoms with E-state index in [1.54, 1.807) is 19.1 Å². The molecule has 0 aliphatic carbocycles. The summed E-state index contributed by atoms with van der Waals surface area (Å²) in [6, 6.07) is 7.16. The second-order valence-corrected chi connectivity index (χ2v) is 3.94. The number of nitrogens with one attached hydrogen (secondary N) is 1. The molecule has 0 heterocycles. The lowest BCUT2D eigenvalue weighted by atomic mass is 10.1. The molecular weight excluding hydrogens is 218 g/mol. The molecular formula is C13H17NO3. The van der Waals surface area contributed by atoms with Crippen LogP contribution in [0.25, 0.3) is 0 Å². The van der Waals surface area contributed by atoms with Crippen molar-refractivity contribution in [1.82, 2.24) is 0 Å². The zero-order chi connectivity index (χ0) is 12.8. The van der Waals surface area contributed by atoms with Crippen molar-refractivity contribution in [3.8, 4) is 0 Å². The average Bonchev–Trinajstić information content (AvgIpc) is 2.35. The van der Waals surface area contributed by atoms with Crippen molar-refractivity contribution in [2.45, 2.75) is 13.8 Å². The highest BCUT2D eigenvalue weighted by molar-refractivity contribution is 5.94. The molecule has 0 saturated heterocycles. The Morgan fingerprint density at radius 2 is 1.88 bits per heavy atom. The molecule has 0 amide bonds. The number of carbonyl (C=O) groups excluding carboxylic acids is 2. The van der Waals surface area contributed by atoms with Crippen molar-refractivity contribution in [2.24, 2.45) is 5.92 Å². The molecule has 1 unspecified atom stereocenters. The standard InChI is InChI=1S/C13H17NO3/c1-9(13(16)17-3)8-14-12-6-4-11(5-7-12)10(2)15/h4-7,9,14H,8H2,1-3H3. The normalized spacial score (nSPS) is 11.7. The minimum Gasteiger partial charge on any atom is -0.469 e. The van der Waals surface area contributed by atoms with Gasteiger partial charge in [-0.3, -0.25) is 9.59 Å². The number of carbonyl (C=O) groups is 2. The predicted molar refractivity (Wildman–Crippen MR) is 66.1 cm³/mol. The molecule has 0 bridgehead atoms. The maximum Gasteiger partial charge on any atom is 0.310 e.